The number of nitrogens with one attached hydrogen (secondary N) is 2. The number of carbonyl (C=O) groups is 2. The van der Waals surface area contributed by atoms with Crippen LogP contribution in [-0.4, -0.2) is 22.0 Å². The van der Waals surface area contributed by atoms with Crippen molar-refractivity contribution >= 4 is 34.5 Å². The molecule has 0 saturated heterocycles. The summed E-state index contributed by atoms with van der Waals surface area (Å²) in [4.78, 5) is 26.4. The second kappa shape index (κ2) is 6.72. The summed E-state index contributed by atoms with van der Waals surface area (Å²) < 4.78 is 0. The van der Waals surface area contributed by atoms with Gasteiger partial charge >= 0.3 is 5.97 Å². The number of para-hydroxylation sites is 1. The van der Waals surface area contributed by atoms with Crippen LogP contribution in [0.15, 0.2) is 60.3 Å². The second-order valence-electron chi connectivity index (χ2n) is 5.30. The summed E-state index contributed by atoms with van der Waals surface area (Å²) in [5, 5.41) is 21.7. The van der Waals surface area contributed by atoms with Gasteiger partial charge in [-0.3, -0.25) is 4.79 Å². The first-order valence-corrected chi connectivity index (χ1v) is 7.41. The number of carboxylic acid groups (broad SMARTS) is 1. The highest BCUT2D eigenvalue weighted by Gasteiger charge is 2.12. The molecule has 0 aliphatic carbocycles. The third-order valence-corrected chi connectivity index (χ3v) is 3.66. The number of nitriles is 1. The molecule has 0 aliphatic rings. The van der Waals surface area contributed by atoms with E-state index in [9.17, 15) is 14.9 Å². The molecular weight excluding hydrogens is 318 g/mol. The SMILES string of the molecule is N#C/C(=C/c1c[nH]c2ccc(C(=O)O)cc12)C(=O)Nc1ccccc1. The number of rotatable bonds is 4. The molecule has 122 valence electrons. The molecular formula is C19H13N3O3. The van der Waals surface area contributed by atoms with E-state index < -0.39 is 11.9 Å². The average molecular weight is 331 g/mol. The minimum atomic E-state index is -1.04. The van der Waals surface area contributed by atoms with E-state index in [0.29, 0.717) is 16.6 Å². The first kappa shape index (κ1) is 16.0. The van der Waals surface area contributed by atoms with Crippen LogP contribution in [-0.2, 0) is 4.79 Å². The predicted octanol–water partition coefficient (Wildman–Crippen LogP) is 3.41. The lowest BCUT2D eigenvalue weighted by Crippen LogP contribution is -2.13. The molecule has 0 fully saturated rings. The Morgan fingerprint density at radius 1 is 1.16 bits per heavy atom. The Morgan fingerprint density at radius 2 is 1.92 bits per heavy atom. The number of fused-ring (bicyclic) bond motifs is 1. The van der Waals surface area contributed by atoms with Gasteiger partial charge in [0.2, 0.25) is 0 Å². The van der Waals surface area contributed by atoms with Crippen molar-refractivity contribution in [2.24, 2.45) is 0 Å². The van der Waals surface area contributed by atoms with Crippen LogP contribution in [0.2, 0.25) is 0 Å². The number of aromatic carboxylic acids is 1. The first-order valence-electron chi connectivity index (χ1n) is 7.41. The molecule has 1 amide bonds. The number of carbonyl (C=O) groups excluding carboxylic acids is 1. The molecule has 0 radical (unpaired) electrons. The van der Waals surface area contributed by atoms with Crippen molar-refractivity contribution in [2.45, 2.75) is 0 Å². The van der Waals surface area contributed by atoms with Crippen molar-refractivity contribution in [2.75, 3.05) is 5.32 Å². The fourth-order valence-electron chi connectivity index (χ4n) is 2.42. The molecule has 0 saturated carbocycles. The fraction of sp³-hybridized carbons (Fsp3) is 0. The number of aromatic nitrogens is 1. The molecule has 0 spiro atoms. The summed E-state index contributed by atoms with van der Waals surface area (Å²) in [5.74, 6) is -1.57. The zero-order valence-corrected chi connectivity index (χ0v) is 13.0. The quantitative estimate of drug-likeness (QED) is 0.503. The van der Waals surface area contributed by atoms with Crippen LogP contribution in [0.5, 0.6) is 0 Å². The summed E-state index contributed by atoms with van der Waals surface area (Å²) in [5.41, 5.74) is 1.93. The van der Waals surface area contributed by atoms with Crippen LogP contribution < -0.4 is 5.32 Å². The van der Waals surface area contributed by atoms with Crippen LogP contribution in [0.3, 0.4) is 0 Å². The normalized spacial score (nSPS) is 11.1. The minimum Gasteiger partial charge on any atom is -0.478 e. The summed E-state index contributed by atoms with van der Waals surface area (Å²) in [6.07, 6.45) is 3.06. The molecule has 0 unspecified atom stereocenters. The van der Waals surface area contributed by atoms with Gasteiger partial charge in [0.1, 0.15) is 11.6 Å². The number of H-pyrrole nitrogens is 1. The van der Waals surface area contributed by atoms with Gasteiger partial charge in [0.15, 0.2) is 0 Å². The van der Waals surface area contributed by atoms with Crippen molar-refractivity contribution in [3.8, 4) is 6.07 Å². The molecule has 3 N–H and O–H groups in total. The summed E-state index contributed by atoms with van der Waals surface area (Å²) >= 11 is 0. The largest absolute Gasteiger partial charge is 0.478 e. The maximum absolute atomic E-state index is 12.3. The number of nitrogens with zero attached hydrogens (tertiary/aromatic N) is 1. The Labute approximate surface area is 143 Å². The zero-order valence-electron chi connectivity index (χ0n) is 13.0. The van der Waals surface area contributed by atoms with E-state index in [2.05, 4.69) is 10.3 Å². The Hall–Kier alpha value is -3.85. The highest BCUT2D eigenvalue weighted by molar-refractivity contribution is 6.11. The third-order valence-electron chi connectivity index (χ3n) is 3.66. The average Bonchev–Trinajstić information content (AvgIpc) is 3.02. The van der Waals surface area contributed by atoms with Crippen LogP contribution in [0, 0.1) is 11.3 Å². The molecule has 0 bridgehead atoms. The number of amides is 1. The van der Waals surface area contributed by atoms with Crippen LogP contribution in [0.4, 0.5) is 5.69 Å². The summed E-state index contributed by atoms with van der Waals surface area (Å²) in [6.45, 7) is 0. The molecule has 1 heterocycles. The fourth-order valence-corrected chi connectivity index (χ4v) is 2.42. The molecule has 25 heavy (non-hydrogen) atoms. The summed E-state index contributed by atoms with van der Waals surface area (Å²) in [7, 11) is 0. The Kier molecular flexibility index (Phi) is 4.31. The number of benzene rings is 2. The predicted molar refractivity (Wildman–Crippen MR) is 93.9 cm³/mol. The molecule has 6 heteroatoms. The van der Waals surface area contributed by atoms with E-state index in [0.717, 1.165) is 5.52 Å². The highest BCUT2D eigenvalue weighted by atomic mass is 16.4. The van der Waals surface area contributed by atoms with Crippen LogP contribution >= 0.6 is 0 Å². The van der Waals surface area contributed by atoms with E-state index in [1.54, 1.807) is 36.5 Å². The van der Waals surface area contributed by atoms with Gasteiger partial charge in [-0.25, -0.2) is 4.79 Å². The number of aromatic amines is 1. The lowest BCUT2D eigenvalue weighted by atomic mass is 10.1. The van der Waals surface area contributed by atoms with Crippen LogP contribution in [0.1, 0.15) is 15.9 Å². The van der Waals surface area contributed by atoms with E-state index >= 15 is 0 Å². The maximum Gasteiger partial charge on any atom is 0.335 e. The molecule has 0 aliphatic heterocycles. The van der Waals surface area contributed by atoms with Gasteiger partial charge in [-0.1, -0.05) is 18.2 Å². The van der Waals surface area contributed by atoms with Gasteiger partial charge in [-0.15, -0.1) is 0 Å². The van der Waals surface area contributed by atoms with Gasteiger partial charge < -0.3 is 15.4 Å². The Bertz CT molecular complexity index is 1030. The molecule has 2 aromatic carbocycles. The monoisotopic (exact) mass is 331 g/mol. The lowest BCUT2D eigenvalue weighted by molar-refractivity contribution is -0.112. The number of carboxylic acids is 1. The molecule has 6 nitrogen and oxygen atoms in total. The Morgan fingerprint density at radius 3 is 2.60 bits per heavy atom. The minimum absolute atomic E-state index is 0.0783. The standard InChI is InChI=1S/C19H13N3O3/c20-10-13(18(23)22-15-4-2-1-3-5-15)8-14-11-21-17-7-6-12(19(24)25)9-16(14)17/h1-9,11,21H,(H,22,23)(H,24,25)/b13-8-. The van der Waals surface area contributed by atoms with E-state index in [4.69, 9.17) is 5.11 Å². The zero-order chi connectivity index (χ0) is 17.8. The smallest absolute Gasteiger partial charge is 0.335 e. The van der Waals surface area contributed by atoms with Crippen molar-refractivity contribution in [3.63, 3.8) is 0 Å². The number of anilines is 1. The third kappa shape index (κ3) is 3.41. The van der Waals surface area contributed by atoms with E-state index in [-0.39, 0.29) is 11.1 Å². The van der Waals surface area contributed by atoms with E-state index in [1.165, 1.54) is 18.2 Å². The molecule has 3 aromatic rings. The maximum atomic E-state index is 12.3. The van der Waals surface area contributed by atoms with Gasteiger partial charge in [-0.05, 0) is 36.4 Å². The van der Waals surface area contributed by atoms with Crippen molar-refractivity contribution in [3.05, 3.63) is 71.4 Å². The Balaban J connectivity index is 1.96. The van der Waals surface area contributed by atoms with Gasteiger partial charge in [0.25, 0.3) is 5.91 Å². The van der Waals surface area contributed by atoms with Gasteiger partial charge in [-0.2, -0.15) is 5.26 Å². The van der Waals surface area contributed by atoms with Crippen molar-refractivity contribution < 1.29 is 14.7 Å². The molecule has 3 rings (SSSR count). The summed E-state index contributed by atoms with van der Waals surface area (Å²) in [6, 6.07) is 15.3. The molecule has 0 atom stereocenters. The highest BCUT2D eigenvalue weighted by Crippen LogP contribution is 2.22. The number of hydrogen-bond acceptors (Lipinski definition) is 3. The topological polar surface area (TPSA) is 106 Å². The van der Waals surface area contributed by atoms with Gasteiger partial charge in [0.05, 0.1) is 5.56 Å². The lowest BCUT2D eigenvalue weighted by Gasteiger charge is -2.03. The van der Waals surface area contributed by atoms with Crippen molar-refractivity contribution in [1.29, 1.82) is 5.26 Å². The van der Waals surface area contributed by atoms with Crippen LogP contribution in [0.25, 0.3) is 17.0 Å². The van der Waals surface area contributed by atoms with E-state index in [1.807, 2.05) is 12.1 Å². The number of hydrogen-bond donors (Lipinski definition) is 3. The second-order valence-corrected chi connectivity index (χ2v) is 5.30. The van der Waals surface area contributed by atoms with Crippen molar-refractivity contribution in [1.82, 2.24) is 4.98 Å². The van der Waals surface area contributed by atoms with Gasteiger partial charge in [0, 0.05) is 28.4 Å². The molecule has 1 aromatic heterocycles. The first-order chi connectivity index (χ1) is 12.1.